The fraction of sp³-hybridized carbons (Fsp3) is 0.550. The summed E-state index contributed by atoms with van der Waals surface area (Å²) in [7, 11) is 1.43. The van der Waals surface area contributed by atoms with Crippen molar-refractivity contribution in [3.05, 3.63) is 24.3 Å². The van der Waals surface area contributed by atoms with Crippen molar-refractivity contribution in [1.82, 2.24) is 15.3 Å². The smallest absolute Gasteiger partial charge is 0.407 e. The lowest BCUT2D eigenvalue weighted by atomic mass is 9.91. The number of hydrogen-bond acceptors (Lipinski definition) is 6. The molecular weight excluding hydrogens is 363 g/mol. The van der Waals surface area contributed by atoms with E-state index in [4.69, 9.17) is 9.47 Å². The number of carbonyl (C=O) groups is 1. The van der Waals surface area contributed by atoms with Crippen LogP contribution in [0.4, 0.5) is 15.0 Å². The van der Waals surface area contributed by atoms with Crippen LogP contribution in [0.3, 0.4) is 0 Å². The second-order valence-electron chi connectivity index (χ2n) is 8.07. The summed E-state index contributed by atoms with van der Waals surface area (Å²) < 4.78 is 24.3. The molecule has 2 N–H and O–H groups in total. The molecule has 1 amide bonds. The molecule has 3 rings (SSSR count). The summed E-state index contributed by atoms with van der Waals surface area (Å²) in [6.07, 6.45) is 4.50. The highest BCUT2D eigenvalue weighted by molar-refractivity contribution is 5.90. The minimum absolute atomic E-state index is 0.101. The molecule has 1 aromatic carbocycles. The van der Waals surface area contributed by atoms with Crippen LogP contribution in [0.5, 0.6) is 5.75 Å². The number of nitrogens with zero attached hydrogens (tertiary/aromatic N) is 2. The van der Waals surface area contributed by atoms with Crippen LogP contribution in [0.25, 0.3) is 10.9 Å². The number of fused-ring (bicyclic) bond motifs is 1. The Morgan fingerprint density at radius 3 is 2.46 bits per heavy atom. The van der Waals surface area contributed by atoms with E-state index in [0.717, 1.165) is 31.1 Å². The number of anilines is 1. The van der Waals surface area contributed by atoms with Gasteiger partial charge in [-0.05, 0) is 52.5 Å². The number of nitrogens with one attached hydrogen (secondary N) is 2. The number of carbonyl (C=O) groups excluding carboxylic acids is 1. The number of hydrogen-bond donors (Lipinski definition) is 2. The molecule has 1 aromatic heterocycles. The van der Waals surface area contributed by atoms with E-state index in [1.807, 2.05) is 20.8 Å². The standard InChI is InChI=1S/C20H27FN4O3/c1-20(2,3)28-19(26)25-13-7-5-12(6-8-13)24-18-14-9-17(27-4)15(21)10-16(14)22-11-23-18/h9-13H,5-8H2,1-4H3,(H,25,26)(H,22,23,24). The lowest BCUT2D eigenvalue weighted by molar-refractivity contribution is 0.0492. The molecule has 0 aliphatic heterocycles. The minimum atomic E-state index is -0.503. The number of benzene rings is 1. The van der Waals surface area contributed by atoms with Crippen LogP contribution in [-0.4, -0.2) is 40.9 Å². The first-order valence-corrected chi connectivity index (χ1v) is 9.49. The quantitative estimate of drug-likeness (QED) is 0.820. The number of methoxy groups -OCH3 is 1. The average molecular weight is 390 g/mol. The number of aromatic nitrogens is 2. The van der Waals surface area contributed by atoms with Gasteiger partial charge >= 0.3 is 6.09 Å². The summed E-state index contributed by atoms with van der Waals surface area (Å²) in [6, 6.07) is 3.28. The number of rotatable bonds is 4. The van der Waals surface area contributed by atoms with Crippen LogP contribution in [0.15, 0.2) is 18.5 Å². The average Bonchev–Trinajstić information content (AvgIpc) is 2.61. The van der Waals surface area contributed by atoms with E-state index in [-0.39, 0.29) is 23.9 Å². The molecule has 8 heteroatoms. The molecule has 152 valence electrons. The van der Waals surface area contributed by atoms with Crippen LogP contribution < -0.4 is 15.4 Å². The van der Waals surface area contributed by atoms with Gasteiger partial charge in [-0.25, -0.2) is 19.2 Å². The van der Waals surface area contributed by atoms with Crippen molar-refractivity contribution in [3.63, 3.8) is 0 Å². The molecule has 0 atom stereocenters. The molecule has 1 heterocycles. The highest BCUT2D eigenvalue weighted by Gasteiger charge is 2.25. The summed E-state index contributed by atoms with van der Waals surface area (Å²) >= 11 is 0. The van der Waals surface area contributed by atoms with Crippen molar-refractivity contribution in [2.24, 2.45) is 0 Å². The minimum Gasteiger partial charge on any atom is -0.494 e. The van der Waals surface area contributed by atoms with Crippen LogP contribution in [0.2, 0.25) is 0 Å². The Balaban J connectivity index is 1.61. The lowest BCUT2D eigenvalue weighted by Gasteiger charge is -2.31. The molecule has 1 aliphatic carbocycles. The highest BCUT2D eigenvalue weighted by Crippen LogP contribution is 2.29. The van der Waals surface area contributed by atoms with Crippen molar-refractivity contribution in [2.75, 3.05) is 12.4 Å². The number of alkyl carbamates (subject to hydrolysis) is 1. The van der Waals surface area contributed by atoms with E-state index in [1.54, 1.807) is 6.07 Å². The van der Waals surface area contributed by atoms with Gasteiger partial charge in [0, 0.05) is 23.5 Å². The molecule has 7 nitrogen and oxygen atoms in total. The zero-order chi connectivity index (χ0) is 20.3. The van der Waals surface area contributed by atoms with Crippen LogP contribution >= 0.6 is 0 Å². The van der Waals surface area contributed by atoms with E-state index in [0.29, 0.717) is 11.3 Å². The third-order valence-corrected chi connectivity index (χ3v) is 4.70. The molecule has 2 aromatic rings. The van der Waals surface area contributed by atoms with Gasteiger partial charge in [-0.2, -0.15) is 0 Å². The van der Waals surface area contributed by atoms with Crippen LogP contribution in [0, 0.1) is 5.82 Å². The zero-order valence-electron chi connectivity index (χ0n) is 16.7. The Morgan fingerprint density at radius 1 is 1.14 bits per heavy atom. The maximum Gasteiger partial charge on any atom is 0.407 e. The summed E-state index contributed by atoms with van der Waals surface area (Å²) in [4.78, 5) is 20.4. The van der Waals surface area contributed by atoms with Crippen molar-refractivity contribution in [2.45, 2.75) is 64.1 Å². The summed E-state index contributed by atoms with van der Waals surface area (Å²) in [6.45, 7) is 5.54. The van der Waals surface area contributed by atoms with Crippen molar-refractivity contribution in [3.8, 4) is 5.75 Å². The number of ether oxygens (including phenoxy) is 2. The van der Waals surface area contributed by atoms with Gasteiger partial charge in [0.1, 0.15) is 17.7 Å². The van der Waals surface area contributed by atoms with Crippen LogP contribution in [-0.2, 0) is 4.74 Å². The Morgan fingerprint density at radius 2 is 1.82 bits per heavy atom. The largest absolute Gasteiger partial charge is 0.494 e. The van der Waals surface area contributed by atoms with Crippen LogP contribution in [0.1, 0.15) is 46.5 Å². The van der Waals surface area contributed by atoms with Gasteiger partial charge in [0.25, 0.3) is 0 Å². The maximum atomic E-state index is 13.9. The third-order valence-electron chi connectivity index (χ3n) is 4.70. The van der Waals surface area contributed by atoms with Gasteiger partial charge in [0.15, 0.2) is 11.6 Å². The molecule has 1 saturated carbocycles. The van der Waals surface area contributed by atoms with E-state index < -0.39 is 11.4 Å². The zero-order valence-corrected chi connectivity index (χ0v) is 16.7. The molecule has 0 unspecified atom stereocenters. The van der Waals surface area contributed by atoms with Gasteiger partial charge < -0.3 is 20.1 Å². The topological polar surface area (TPSA) is 85.4 Å². The Hall–Kier alpha value is -2.64. The second kappa shape index (κ2) is 8.16. The normalized spacial score (nSPS) is 19.9. The number of amides is 1. The lowest BCUT2D eigenvalue weighted by Crippen LogP contribution is -2.42. The summed E-state index contributed by atoms with van der Waals surface area (Å²) in [5.74, 6) is 0.371. The molecule has 1 fully saturated rings. The monoisotopic (exact) mass is 390 g/mol. The summed E-state index contributed by atoms with van der Waals surface area (Å²) in [5.41, 5.74) is 0.0216. The number of halogens is 1. The van der Waals surface area contributed by atoms with E-state index in [1.165, 1.54) is 19.5 Å². The third kappa shape index (κ3) is 4.99. The predicted molar refractivity (Wildman–Crippen MR) is 105 cm³/mol. The molecule has 0 bridgehead atoms. The molecular formula is C20H27FN4O3. The molecule has 0 radical (unpaired) electrons. The molecule has 1 aliphatic rings. The summed E-state index contributed by atoms with van der Waals surface area (Å²) in [5, 5.41) is 7.09. The highest BCUT2D eigenvalue weighted by atomic mass is 19.1. The van der Waals surface area contributed by atoms with Gasteiger partial charge in [-0.15, -0.1) is 0 Å². The Bertz CT molecular complexity index is 845. The first kappa shape index (κ1) is 20.1. The molecule has 0 saturated heterocycles. The van der Waals surface area contributed by atoms with Crippen molar-refractivity contribution in [1.29, 1.82) is 0 Å². The predicted octanol–water partition coefficient (Wildman–Crippen LogP) is 4.03. The SMILES string of the molecule is COc1cc2c(NC3CCC(NC(=O)OC(C)(C)C)CC3)ncnc2cc1F. The van der Waals surface area contributed by atoms with Gasteiger partial charge in [0.05, 0.1) is 12.6 Å². The van der Waals surface area contributed by atoms with Crippen molar-refractivity contribution >= 4 is 22.8 Å². The van der Waals surface area contributed by atoms with Gasteiger partial charge in [-0.3, -0.25) is 0 Å². The fourth-order valence-electron chi connectivity index (χ4n) is 3.38. The van der Waals surface area contributed by atoms with E-state index >= 15 is 0 Å². The van der Waals surface area contributed by atoms with E-state index in [2.05, 4.69) is 20.6 Å². The van der Waals surface area contributed by atoms with Gasteiger partial charge in [-0.1, -0.05) is 0 Å². The fourth-order valence-corrected chi connectivity index (χ4v) is 3.38. The molecule has 28 heavy (non-hydrogen) atoms. The first-order valence-electron chi connectivity index (χ1n) is 9.49. The van der Waals surface area contributed by atoms with Crippen molar-refractivity contribution < 1.29 is 18.7 Å². The first-order chi connectivity index (χ1) is 13.2. The Labute approximate surface area is 164 Å². The Kier molecular flexibility index (Phi) is 5.86. The van der Waals surface area contributed by atoms with E-state index in [9.17, 15) is 9.18 Å². The maximum absolute atomic E-state index is 13.9. The molecule has 0 spiro atoms. The van der Waals surface area contributed by atoms with Gasteiger partial charge in [0.2, 0.25) is 0 Å². The second-order valence-corrected chi connectivity index (χ2v) is 8.07.